The molecule has 0 radical (unpaired) electrons. The molecule has 3 heterocycles. The van der Waals surface area contributed by atoms with Crippen molar-refractivity contribution >= 4 is 23.8 Å². The maximum atomic E-state index is 13.0. The van der Waals surface area contributed by atoms with Crippen LogP contribution in [0, 0.1) is 0 Å². The smallest absolute Gasteiger partial charge is 0.410 e. The predicted octanol–water partition coefficient (Wildman–Crippen LogP) is 2.91. The fourth-order valence-electron chi connectivity index (χ4n) is 4.81. The first-order valence-corrected chi connectivity index (χ1v) is 10.9. The molecule has 2 unspecified atom stereocenters. The second-order valence-electron chi connectivity index (χ2n) is 9.47. The fourth-order valence-corrected chi connectivity index (χ4v) is 4.81. The van der Waals surface area contributed by atoms with Gasteiger partial charge in [0.05, 0.1) is 12.0 Å². The second kappa shape index (κ2) is 7.98. The van der Waals surface area contributed by atoms with E-state index in [1.807, 2.05) is 26.8 Å². The topological polar surface area (TPSA) is 105 Å². The van der Waals surface area contributed by atoms with Gasteiger partial charge in [0.15, 0.2) is 0 Å². The zero-order valence-electron chi connectivity index (χ0n) is 18.2. The number of amides is 4. The summed E-state index contributed by atoms with van der Waals surface area (Å²) in [7, 11) is 0. The number of piperidine rings is 2. The Kier molecular flexibility index (Phi) is 5.49. The first-order valence-electron chi connectivity index (χ1n) is 10.9. The number of nitrogens with one attached hydrogen (secondary N) is 2. The van der Waals surface area contributed by atoms with E-state index < -0.39 is 11.5 Å². The number of rotatable bonds is 2. The number of benzene rings is 1. The molecule has 1 aromatic carbocycles. The molecule has 2 saturated heterocycles. The Labute approximate surface area is 181 Å². The van der Waals surface area contributed by atoms with E-state index in [1.165, 1.54) is 0 Å². The van der Waals surface area contributed by atoms with E-state index in [9.17, 15) is 19.2 Å². The second-order valence-corrected chi connectivity index (χ2v) is 9.47. The molecule has 3 aliphatic rings. The number of imide groups is 1. The summed E-state index contributed by atoms with van der Waals surface area (Å²) in [6.07, 6.45) is 2.85. The van der Waals surface area contributed by atoms with Crippen molar-refractivity contribution in [3.05, 3.63) is 34.4 Å². The van der Waals surface area contributed by atoms with E-state index in [4.69, 9.17) is 4.74 Å². The van der Waals surface area contributed by atoms with Crippen LogP contribution in [0.5, 0.6) is 0 Å². The number of nitrogens with zero attached hydrogens (tertiary/aromatic N) is 1. The summed E-state index contributed by atoms with van der Waals surface area (Å²) in [6, 6.07) is 3.41. The minimum absolute atomic E-state index is 0.164. The first-order chi connectivity index (χ1) is 14.7. The highest BCUT2D eigenvalue weighted by Gasteiger charge is 2.39. The monoisotopic (exact) mass is 427 g/mol. The molecule has 8 nitrogen and oxygen atoms in total. The van der Waals surface area contributed by atoms with Gasteiger partial charge in [-0.2, -0.15) is 0 Å². The highest BCUT2D eigenvalue weighted by Crippen LogP contribution is 2.41. The number of ether oxygens (including phenoxy) is 1. The molecule has 1 aromatic rings. The van der Waals surface area contributed by atoms with E-state index in [0.29, 0.717) is 25.1 Å². The van der Waals surface area contributed by atoms with Crippen molar-refractivity contribution in [2.45, 2.75) is 77.0 Å². The third-order valence-corrected chi connectivity index (χ3v) is 6.14. The van der Waals surface area contributed by atoms with Gasteiger partial charge >= 0.3 is 6.09 Å². The van der Waals surface area contributed by atoms with Gasteiger partial charge < -0.3 is 15.0 Å². The van der Waals surface area contributed by atoms with Crippen molar-refractivity contribution in [3.8, 4) is 0 Å². The minimum Gasteiger partial charge on any atom is -0.444 e. The Morgan fingerprint density at radius 2 is 1.90 bits per heavy atom. The molecule has 8 heteroatoms. The molecular formula is C23H29N3O5. The number of likely N-dealkylation sites (tertiary alicyclic amines) is 1. The molecule has 0 aliphatic carbocycles. The summed E-state index contributed by atoms with van der Waals surface area (Å²) in [5.41, 5.74) is 2.39. The lowest BCUT2D eigenvalue weighted by Crippen LogP contribution is -2.43. The van der Waals surface area contributed by atoms with Gasteiger partial charge in [-0.05, 0) is 69.2 Å². The molecular weight excluding hydrogens is 398 g/mol. The lowest BCUT2D eigenvalue weighted by Gasteiger charge is -2.39. The van der Waals surface area contributed by atoms with Gasteiger partial charge in [-0.25, -0.2) is 4.79 Å². The van der Waals surface area contributed by atoms with Crippen LogP contribution in [0.2, 0.25) is 0 Å². The van der Waals surface area contributed by atoms with Crippen molar-refractivity contribution in [3.63, 3.8) is 0 Å². The van der Waals surface area contributed by atoms with E-state index in [2.05, 4.69) is 10.6 Å². The Balaban J connectivity index is 1.78. The molecule has 166 valence electrons. The SMILES string of the molecule is CC(C)(C)OC(=O)N1CCCCC1c1ccc2c(c1C1CCC(=O)NC1=O)CNC2=O. The molecule has 2 fully saturated rings. The van der Waals surface area contributed by atoms with Crippen LogP contribution < -0.4 is 10.6 Å². The third kappa shape index (κ3) is 4.16. The van der Waals surface area contributed by atoms with Crippen LogP contribution in [0.15, 0.2) is 12.1 Å². The molecule has 0 aromatic heterocycles. The average molecular weight is 428 g/mol. The maximum Gasteiger partial charge on any atom is 0.410 e. The normalized spacial score (nSPS) is 23.8. The van der Waals surface area contributed by atoms with Crippen LogP contribution in [0.3, 0.4) is 0 Å². The average Bonchev–Trinajstić information content (AvgIpc) is 3.07. The summed E-state index contributed by atoms with van der Waals surface area (Å²) >= 11 is 0. The zero-order valence-corrected chi connectivity index (χ0v) is 18.2. The van der Waals surface area contributed by atoms with E-state index in [0.717, 1.165) is 36.0 Å². The van der Waals surface area contributed by atoms with Crippen molar-refractivity contribution in [2.24, 2.45) is 0 Å². The number of carbonyl (C=O) groups is 4. The number of hydrogen-bond acceptors (Lipinski definition) is 5. The van der Waals surface area contributed by atoms with Gasteiger partial charge in [0.25, 0.3) is 5.91 Å². The summed E-state index contributed by atoms with van der Waals surface area (Å²) in [5, 5.41) is 5.28. The lowest BCUT2D eigenvalue weighted by atomic mass is 9.79. The van der Waals surface area contributed by atoms with Crippen molar-refractivity contribution < 1.29 is 23.9 Å². The van der Waals surface area contributed by atoms with E-state index in [1.54, 1.807) is 11.0 Å². The number of fused-ring (bicyclic) bond motifs is 1. The van der Waals surface area contributed by atoms with Crippen molar-refractivity contribution in [1.29, 1.82) is 0 Å². The summed E-state index contributed by atoms with van der Waals surface area (Å²) in [5.74, 6) is -1.32. The summed E-state index contributed by atoms with van der Waals surface area (Å²) in [4.78, 5) is 51.5. The highest BCUT2D eigenvalue weighted by atomic mass is 16.6. The molecule has 4 rings (SSSR count). The third-order valence-electron chi connectivity index (χ3n) is 6.14. The molecule has 3 aliphatic heterocycles. The quantitative estimate of drug-likeness (QED) is 0.706. The predicted molar refractivity (Wildman–Crippen MR) is 112 cm³/mol. The van der Waals surface area contributed by atoms with Crippen LogP contribution in [0.25, 0.3) is 0 Å². The number of carbonyl (C=O) groups excluding carboxylic acids is 4. The van der Waals surface area contributed by atoms with Gasteiger partial charge in [0.2, 0.25) is 11.8 Å². The van der Waals surface area contributed by atoms with Crippen molar-refractivity contribution in [1.82, 2.24) is 15.5 Å². The molecule has 31 heavy (non-hydrogen) atoms. The molecule has 0 spiro atoms. The van der Waals surface area contributed by atoms with Gasteiger partial charge in [0, 0.05) is 25.1 Å². The van der Waals surface area contributed by atoms with Gasteiger partial charge in [-0.1, -0.05) is 6.07 Å². The van der Waals surface area contributed by atoms with Crippen LogP contribution in [-0.4, -0.2) is 40.9 Å². The standard InChI is InChI=1S/C23H29N3O5/c1-23(2,3)31-22(30)26-11-5-4-6-17(26)14-8-7-13-16(12-24-20(13)28)19(14)15-9-10-18(27)25-21(15)29/h7-8,15,17H,4-6,9-12H2,1-3H3,(H,24,28)(H,25,27,29). The fraction of sp³-hybridized carbons (Fsp3) is 0.565. The lowest BCUT2D eigenvalue weighted by molar-refractivity contribution is -0.134. The minimum atomic E-state index is -0.611. The Bertz CT molecular complexity index is 949. The largest absolute Gasteiger partial charge is 0.444 e. The Morgan fingerprint density at radius 1 is 1.13 bits per heavy atom. The maximum absolute atomic E-state index is 13.0. The Hall–Kier alpha value is -2.90. The zero-order chi connectivity index (χ0) is 22.3. The summed E-state index contributed by atoms with van der Waals surface area (Å²) < 4.78 is 5.66. The van der Waals surface area contributed by atoms with Gasteiger partial charge in [-0.15, -0.1) is 0 Å². The number of hydrogen-bond donors (Lipinski definition) is 2. The van der Waals surface area contributed by atoms with Crippen LogP contribution in [0.4, 0.5) is 4.79 Å². The van der Waals surface area contributed by atoms with Crippen LogP contribution in [-0.2, 0) is 20.9 Å². The molecule has 2 atom stereocenters. The van der Waals surface area contributed by atoms with Gasteiger partial charge in [0.1, 0.15) is 5.60 Å². The molecule has 4 amide bonds. The van der Waals surface area contributed by atoms with Crippen LogP contribution >= 0.6 is 0 Å². The first kappa shape index (κ1) is 21.3. The highest BCUT2D eigenvalue weighted by molar-refractivity contribution is 6.03. The molecule has 0 bridgehead atoms. The van der Waals surface area contributed by atoms with E-state index in [-0.39, 0.29) is 36.3 Å². The summed E-state index contributed by atoms with van der Waals surface area (Å²) in [6.45, 7) is 6.43. The van der Waals surface area contributed by atoms with E-state index >= 15 is 0 Å². The van der Waals surface area contributed by atoms with Gasteiger partial charge in [-0.3, -0.25) is 19.7 Å². The molecule has 2 N–H and O–H groups in total. The van der Waals surface area contributed by atoms with Crippen molar-refractivity contribution in [2.75, 3.05) is 6.54 Å². The Morgan fingerprint density at radius 3 is 2.61 bits per heavy atom. The molecule has 0 saturated carbocycles. The van der Waals surface area contributed by atoms with Crippen LogP contribution in [0.1, 0.15) is 91.9 Å².